The van der Waals surface area contributed by atoms with Crippen molar-refractivity contribution in [2.75, 3.05) is 26.3 Å². The summed E-state index contributed by atoms with van der Waals surface area (Å²) in [5.74, 6) is 2.05. The maximum Gasteiger partial charge on any atom is 0.434 e. The number of benzene rings is 1. The van der Waals surface area contributed by atoms with Crippen LogP contribution in [0.3, 0.4) is 0 Å². The number of ether oxygens (including phenoxy) is 2. The van der Waals surface area contributed by atoms with Gasteiger partial charge < -0.3 is 20.1 Å². The summed E-state index contributed by atoms with van der Waals surface area (Å²) < 4.78 is 49.2. The molecular weight excluding hydrogens is 405 g/mol. The minimum atomic E-state index is -4.40. The minimum Gasteiger partial charge on any atom is -0.490 e. The van der Waals surface area contributed by atoms with Gasteiger partial charge in [-0.25, -0.2) is 9.98 Å². The third-order valence-electron chi connectivity index (χ3n) is 4.05. The Morgan fingerprint density at radius 2 is 2.00 bits per heavy atom. The van der Waals surface area contributed by atoms with Crippen molar-refractivity contribution >= 4 is 17.3 Å². The molecule has 2 N–H and O–H groups in total. The Hall–Kier alpha value is -2.49. The van der Waals surface area contributed by atoms with Crippen LogP contribution in [0.2, 0.25) is 0 Å². The van der Waals surface area contributed by atoms with E-state index in [-0.39, 0.29) is 0 Å². The number of nitrogens with one attached hydrogen (secondary N) is 2. The summed E-state index contributed by atoms with van der Waals surface area (Å²) in [5, 5.41) is 7.73. The number of hydrogen-bond acceptors (Lipinski definition) is 5. The van der Waals surface area contributed by atoms with Crippen molar-refractivity contribution in [3.05, 3.63) is 39.8 Å². The number of aromatic nitrogens is 1. The number of thiazole rings is 1. The van der Waals surface area contributed by atoms with Crippen LogP contribution in [-0.4, -0.2) is 37.2 Å². The monoisotopic (exact) mass is 428 g/mol. The van der Waals surface area contributed by atoms with Crippen molar-refractivity contribution in [3.8, 4) is 11.5 Å². The Bertz CT molecular complexity index is 839. The van der Waals surface area contributed by atoms with Gasteiger partial charge in [0.15, 0.2) is 23.2 Å². The molecule has 0 unspecified atom stereocenters. The number of halogens is 3. The third-order valence-corrected chi connectivity index (χ3v) is 4.96. The van der Waals surface area contributed by atoms with Crippen LogP contribution in [0, 0.1) is 0 Å². The summed E-state index contributed by atoms with van der Waals surface area (Å²) in [5.41, 5.74) is 0.133. The summed E-state index contributed by atoms with van der Waals surface area (Å²) >= 11 is 1.01. The van der Waals surface area contributed by atoms with Gasteiger partial charge in [-0.05, 0) is 24.6 Å². The van der Waals surface area contributed by atoms with E-state index < -0.39 is 11.9 Å². The number of guanidine groups is 1. The second-order valence-corrected chi connectivity index (χ2v) is 7.27. The molecule has 0 radical (unpaired) electrons. The molecule has 0 fully saturated rings. The summed E-state index contributed by atoms with van der Waals surface area (Å²) in [6.45, 7) is 4.74. The van der Waals surface area contributed by atoms with E-state index in [9.17, 15) is 13.2 Å². The molecular formula is C19H23F3N4O2S. The maximum atomic E-state index is 12.6. The van der Waals surface area contributed by atoms with E-state index >= 15 is 0 Å². The third kappa shape index (κ3) is 6.25. The summed E-state index contributed by atoms with van der Waals surface area (Å²) in [6.07, 6.45) is -3.17. The van der Waals surface area contributed by atoms with Crippen LogP contribution in [0.4, 0.5) is 13.2 Å². The predicted octanol–water partition coefficient (Wildman–Crippen LogP) is 3.62. The van der Waals surface area contributed by atoms with Gasteiger partial charge in [0, 0.05) is 31.3 Å². The van der Waals surface area contributed by atoms with Crippen LogP contribution in [0.25, 0.3) is 0 Å². The van der Waals surface area contributed by atoms with Crippen LogP contribution in [0.15, 0.2) is 28.6 Å². The standard InChI is InChI=1S/C19H23F3N4O2S/c1-2-23-18(24-7-6-17-26-16(12-29-17)19(20,21)22)25-11-13-4-5-14-15(10-13)28-9-3-8-27-14/h4-5,10,12H,2-3,6-9,11H2,1H3,(H2,23,24,25). The smallest absolute Gasteiger partial charge is 0.434 e. The van der Waals surface area contributed by atoms with Crippen molar-refractivity contribution in [2.24, 2.45) is 4.99 Å². The quantitative estimate of drug-likeness (QED) is 0.543. The Labute approximate surface area is 171 Å². The Kier molecular flexibility index (Phi) is 7.18. The number of alkyl halides is 3. The topological polar surface area (TPSA) is 67.8 Å². The van der Waals surface area contributed by atoms with Crippen molar-refractivity contribution in [3.63, 3.8) is 0 Å². The lowest BCUT2D eigenvalue weighted by molar-refractivity contribution is -0.140. The van der Waals surface area contributed by atoms with Crippen molar-refractivity contribution in [1.29, 1.82) is 0 Å². The van der Waals surface area contributed by atoms with E-state index in [1.807, 2.05) is 25.1 Å². The van der Waals surface area contributed by atoms with Gasteiger partial charge in [-0.1, -0.05) is 6.07 Å². The molecule has 0 atom stereocenters. The molecule has 2 aromatic rings. The van der Waals surface area contributed by atoms with Crippen molar-refractivity contribution in [2.45, 2.75) is 32.5 Å². The van der Waals surface area contributed by atoms with E-state index in [4.69, 9.17) is 9.47 Å². The number of nitrogens with zero attached hydrogens (tertiary/aromatic N) is 2. The van der Waals surface area contributed by atoms with Gasteiger partial charge in [-0.15, -0.1) is 11.3 Å². The fraction of sp³-hybridized carbons (Fsp3) is 0.474. The Balaban J connectivity index is 1.56. The average Bonchev–Trinajstić information content (AvgIpc) is 3.04. The lowest BCUT2D eigenvalue weighted by atomic mass is 10.2. The van der Waals surface area contributed by atoms with Crippen LogP contribution >= 0.6 is 11.3 Å². The Morgan fingerprint density at radius 3 is 2.72 bits per heavy atom. The molecule has 29 heavy (non-hydrogen) atoms. The van der Waals surface area contributed by atoms with Crippen molar-refractivity contribution in [1.82, 2.24) is 15.6 Å². The highest BCUT2D eigenvalue weighted by Gasteiger charge is 2.33. The van der Waals surface area contributed by atoms with Gasteiger partial charge in [0.25, 0.3) is 0 Å². The molecule has 0 saturated heterocycles. The fourth-order valence-electron chi connectivity index (χ4n) is 2.66. The molecule has 2 heterocycles. The number of aliphatic imine (C=N–C) groups is 1. The SMILES string of the molecule is CCNC(=NCc1ccc2c(c1)OCCCO2)NCCc1nc(C(F)(F)F)cs1. The van der Waals surface area contributed by atoms with E-state index in [1.54, 1.807) is 0 Å². The minimum absolute atomic E-state index is 0.384. The first-order valence-electron chi connectivity index (χ1n) is 9.38. The van der Waals surface area contributed by atoms with Gasteiger partial charge in [-0.2, -0.15) is 13.2 Å². The van der Waals surface area contributed by atoms with E-state index in [1.165, 1.54) is 0 Å². The first-order valence-corrected chi connectivity index (χ1v) is 10.3. The summed E-state index contributed by atoms with van der Waals surface area (Å²) in [7, 11) is 0. The van der Waals surface area contributed by atoms with Crippen LogP contribution in [0.1, 0.15) is 29.6 Å². The van der Waals surface area contributed by atoms with Gasteiger partial charge >= 0.3 is 6.18 Å². The second kappa shape index (κ2) is 9.82. The van der Waals surface area contributed by atoms with Gasteiger partial charge in [0.05, 0.1) is 24.8 Å². The molecule has 3 rings (SSSR count). The largest absolute Gasteiger partial charge is 0.490 e. The molecule has 158 valence electrons. The summed E-state index contributed by atoms with van der Waals surface area (Å²) in [4.78, 5) is 8.17. The molecule has 0 aliphatic carbocycles. The average molecular weight is 428 g/mol. The molecule has 10 heteroatoms. The van der Waals surface area contributed by atoms with E-state index in [0.29, 0.717) is 50.2 Å². The molecule has 1 aliphatic heterocycles. The second-order valence-electron chi connectivity index (χ2n) is 6.33. The normalized spacial score (nSPS) is 14.4. The molecule has 1 aromatic carbocycles. The Morgan fingerprint density at radius 1 is 1.21 bits per heavy atom. The number of rotatable bonds is 6. The van der Waals surface area contributed by atoms with E-state index in [0.717, 1.165) is 40.2 Å². The zero-order valence-electron chi connectivity index (χ0n) is 16.0. The molecule has 1 aliphatic rings. The van der Waals surface area contributed by atoms with E-state index in [2.05, 4.69) is 20.6 Å². The van der Waals surface area contributed by atoms with Crippen LogP contribution in [-0.2, 0) is 19.1 Å². The zero-order chi connectivity index (χ0) is 20.7. The number of hydrogen-bond donors (Lipinski definition) is 2. The highest BCUT2D eigenvalue weighted by molar-refractivity contribution is 7.09. The highest BCUT2D eigenvalue weighted by atomic mass is 32.1. The lowest BCUT2D eigenvalue weighted by Crippen LogP contribution is -2.38. The predicted molar refractivity (Wildman–Crippen MR) is 106 cm³/mol. The fourth-order valence-corrected chi connectivity index (χ4v) is 3.47. The van der Waals surface area contributed by atoms with Gasteiger partial charge in [-0.3, -0.25) is 0 Å². The number of fused-ring (bicyclic) bond motifs is 1. The highest BCUT2D eigenvalue weighted by Crippen LogP contribution is 2.31. The van der Waals surface area contributed by atoms with Crippen LogP contribution in [0.5, 0.6) is 11.5 Å². The zero-order valence-corrected chi connectivity index (χ0v) is 16.8. The maximum absolute atomic E-state index is 12.6. The van der Waals surface area contributed by atoms with Crippen LogP contribution < -0.4 is 20.1 Å². The first kappa shape index (κ1) is 21.2. The summed E-state index contributed by atoms with van der Waals surface area (Å²) in [6, 6.07) is 5.74. The molecule has 1 aromatic heterocycles. The molecule has 0 spiro atoms. The first-order chi connectivity index (χ1) is 14.0. The van der Waals surface area contributed by atoms with Gasteiger partial charge in [0.1, 0.15) is 0 Å². The molecule has 6 nitrogen and oxygen atoms in total. The van der Waals surface area contributed by atoms with Crippen molar-refractivity contribution < 1.29 is 22.6 Å². The molecule has 0 amide bonds. The molecule has 0 saturated carbocycles. The lowest BCUT2D eigenvalue weighted by Gasteiger charge is -2.11. The van der Waals surface area contributed by atoms with Gasteiger partial charge in [0.2, 0.25) is 0 Å². The molecule has 0 bridgehead atoms.